The smallest absolute Gasteiger partial charge is 0.159 e. The van der Waals surface area contributed by atoms with Crippen molar-refractivity contribution >= 4 is 23.4 Å². The zero-order chi connectivity index (χ0) is 13.4. The van der Waals surface area contributed by atoms with E-state index < -0.39 is 0 Å². The summed E-state index contributed by atoms with van der Waals surface area (Å²) in [6.45, 7) is 2.46. The number of rotatable bonds is 5. The van der Waals surface area contributed by atoms with Gasteiger partial charge in [-0.15, -0.1) is 11.8 Å². The van der Waals surface area contributed by atoms with E-state index in [1.165, 1.54) is 11.8 Å². The molecule has 0 aliphatic heterocycles. The topological polar surface area (TPSA) is 72.5 Å². The molecule has 1 N–H and O–H groups in total. The standard InChI is InChI=1S/C12H11ClN4S/c1-2-18-12(10(5-14)6-15)17-8-9-3-4-11(13)16-7-9/h3-4,7,17H,2,8H2,1H3. The molecule has 1 aromatic heterocycles. The van der Waals surface area contributed by atoms with Crippen molar-refractivity contribution in [2.24, 2.45) is 0 Å². The fourth-order valence-electron chi connectivity index (χ4n) is 1.18. The largest absolute Gasteiger partial charge is 0.374 e. The number of thioether (sulfide) groups is 1. The quantitative estimate of drug-likeness (QED) is 0.662. The third-order valence-corrected chi connectivity index (χ3v) is 3.13. The SMILES string of the molecule is CCSC(NCc1ccc(Cl)nc1)=C(C#N)C#N. The minimum absolute atomic E-state index is 0.101. The zero-order valence-electron chi connectivity index (χ0n) is 9.77. The average Bonchev–Trinajstić information content (AvgIpc) is 2.39. The molecule has 0 aliphatic rings. The van der Waals surface area contributed by atoms with E-state index in [4.69, 9.17) is 22.1 Å². The van der Waals surface area contributed by atoms with E-state index in [9.17, 15) is 0 Å². The molecule has 0 radical (unpaired) electrons. The second kappa shape index (κ2) is 7.60. The van der Waals surface area contributed by atoms with Gasteiger partial charge in [0.1, 0.15) is 17.3 Å². The van der Waals surface area contributed by atoms with Gasteiger partial charge in [0.15, 0.2) is 5.57 Å². The van der Waals surface area contributed by atoms with Crippen LogP contribution in [0, 0.1) is 22.7 Å². The van der Waals surface area contributed by atoms with Gasteiger partial charge in [0.25, 0.3) is 0 Å². The first-order valence-electron chi connectivity index (χ1n) is 5.22. The Kier molecular flexibility index (Phi) is 6.07. The highest BCUT2D eigenvalue weighted by Crippen LogP contribution is 2.17. The van der Waals surface area contributed by atoms with Crippen LogP contribution in [0.25, 0.3) is 0 Å². The van der Waals surface area contributed by atoms with Gasteiger partial charge in [-0.05, 0) is 17.4 Å². The van der Waals surface area contributed by atoms with Crippen LogP contribution in [-0.2, 0) is 6.54 Å². The summed E-state index contributed by atoms with van der Waals surface area (Å²) in [6.07, 6.45) is 1.65. The van der Waals surface area contributed by atoms with E-state index in [0.29, 0.717) is 16.7 Å². The molecule has 1 aromatic rings. The molecule has 0 fully saturated rings. The van der Waals surface area contributed by atoms with Crippen molar-refractivity contribution in [3.05, 3.63) is 39.6 Å². The van der Waals surface area contributed by atoms with Crippen LogP contribution in [0.5, 0.6) is 0 Å². The molecular formula is C12H11ClN4S. The minimum atomic E-state index is 0.101. The third-order valence-electron chi connectivity index (χ3n) is 1.98. The van der Waals surface area contributed by atoms with Crippen LogP contribution in [0.15, 0.2) is 28.9 Å². The van der Waals surface area contributed by atoms with Gasteiger partial charge in [-0.1, -0.05) is 24.6 Å². The Morgan fingerprint density at radius 3 is 2.67 bits per heavy atom. The number of pyridine rings is 1. The van der Waals surface area contributed by atoms with Crippen LogP contribution in [0.3, 0.4) is 0 Å². The lowest BCUT2D eigenvalue weighted by Gasteiger charge is -2.09. The second-order valence-electron chi connectivity index (χ2n) is 3.20. The van der Waals surface area contributed by atoms with E-state index in [2.05, 4.69) is 10.3 Å². The predicted octanol–water partition coefficient (Wildman–Crippen LogP) is 2.84. The number of halogens is 1. The molecule has 0 spiro atoms. The molecule has 1 rings (SSSR count). The predicted molar refractivity (Wildman–Crippen MR) is 72.5 cm³/mol. The summed E-state index contributed by atoms with van der Waals surface area (Å²) in [5.74, 6) is 0.786. The van der Waals surface area contributed by atoms with Crippen LogP contribution in [-0.4, -0.2) is 10.7 Å². The lowest BCUT2D eigenvalue weighted by atomic mass is 10.3. The molecule has 0 saturated carbocycles. The highest BCUT2D eigenvalue weighted by atomic mass is 35.5. The number of hydrogen-bond acceptors (Lipinski definition) is 5. The summed E-state index contributed by atoms with van der Waals surface area (Å²) < 4.78 is 0. The average molecular weight is 279 g/mol. The van der Waals surface area contributed by atoms with E-state index in [1.807, 2.05) is 25.1 Å². The number of nitrogens with one attached hydrogen (secondary N) is 1. The Morgan fingerprint density at radius 1 is 1.44 bits per heavy atom. The number of aromatic nitrogens is 1. The molecule has 0 aromatic carbocycles. The third kappa shape index (κ3) is 4.29. The first-order chi connectivity index (χ1) is 8.71. The van der Waals surface area contributed by atoms with Crippen molar-refractivity contribution in [1.29, 1.82) is 10.5 Å². The van der Waals surface area contributed by atoms with Crippen molar-refractivity contribution in [3.63, 3.8) is 0 Å². The molecule has 0 amide bonds. The number of hydrogen-bond donors (Lipinski definition) is 1. The summed E-state index contributed by atoms with van der Waals surface area (Å²) in [6, 6.07) is 7.30. The molecule has 4 nitrogen and oxygen atoms in total. The fraction of sp³-hybridized carbons (Fsp3) is 0.250. The lowest BCUT2D eigenvalue weighted by Crippen LogP contribution is -2.12. The second-order valence-corrected chi connectivity index (χ2v) is 4.86. The normalized spacial score (nSPS) is 9.11. The summed E-state index contributed by atoms with van der Waals surface area (Å²) in [5, 5.41) is 21.8. The molecule has 6 heteroatoms. The van der Waals surface area contributed by atoms with Crippen molar-refractivity contribution in [1.82, 2.24) is 10.3 Å². The first kappa shape index (κ1) is 14.4. The molecule has 0 atom stereocenters. The Hall–Kier alpha value is -1.69. The zero-order valence-corrected chi connectivity index (χ0v) is 11.3. The Bertz CT molecular complexity index is 494. The molecule has 18 heavy (non-hydrogen) atoms. The number of nitrogens with zero attached hydrogens (tertiary/aromatic N) is 3. The molecule has 0 saturated heterocycles. The van der Waals surface area contributed by atoms with Crippen molar-refractivity contribution in [2.45, 2.75) is 13.5 Å². The van der Waals surface area contributed by atoms with Gasteiger partial charge < -0.3 is 5.32 Å². The van der Waals surface area contributed by atoms with Gasteiger partial charge in [-0.3, -0.25) is 0 Å². The maximum absolute atomic E-state index is 8.84. The minimum Gasteiger partial charge on any atom is -0.374 e. The van der Waals surface area contributed by atoms with E-state index >= 15 is 0 Å². The number of nitriles is 2. The van der Waals surface area contributed by atoms with Crippen LogP contribution in [0.4, 0.5) is 0 Å². The van der Waals surface area contributed by atoms with Gasteiger partial charge in [0.2, 0.25) is 0 Å². The Labute approximate surface area is 115 Å². The van der Waals surface area contributed by atoms with Gasteiger partial charge in [0, 0.05) is 12.7 Å². The number of allylic oxidation sites excluding steroid dienone is 1. The summed E-state index contributed by atoms with van der Waals surface area (Å²) in [4.78, 5) is 3.96. The maximum Gasteiger partial charge on any atom is 0.159 e. The first-order valence-corrected chi connectivity index (χ1v) is 6.59. The Morgan fingerprint density at radius 2 is 2.17 bits per heavy atom. The van der Waals surface area contributed by atoms with E-state index in [0.717, 1.165) is 11.3 Å². The summed E-state index contributed by atoms with van der Waals surface area (Å²) in [5.41, 5.74) is 1.03. The summed E-state index contributed by atoms with van der Waals surface area (Å²) in [7, 11) is 0. The highest BCUT2D eigenvalue weighted by Gasteiger charge is 2.06. The van der Waals surface area contributed by atoms with Gasteiger partial charge in [-0.2, -0.15) is 10.5 Å². The molecule has 1 heterocycles. The maximum atomic E-state index is 8.84. The lowest BCUT2D eigenvalue weighted by molar-refractivity contribution is 0.847. The molecule has 0 unspecified atom stereocenters. The van der Waals surface area contributed by atoms with Crippen LogP contribution in [0.2, 0.25) is 5.15 Å². The van der Waals surface area contributed by atoms with Crippen molar-refractivity contribution in [3.8, 4) is 12.1 Å². The van der Waals surface area contributed by atoms with Crippen molar-refractivity contribution in [2.75, 3.05) is 5.75 Å². The van der Waals surface area contributed by atoms with Gasteiger partial charge in [0.05, 0.1) is 5.03 Å². The molecule has 92 valence electrons. The fourth-order valence-corrected chi connectivity index (χ4v) is 1.99. The Balaban J connectivity index is 2.75. The highest BCUT2D eigenvalue weighted by molar-refractivity contribution is 8.03. The van der Waals surface area contributed by atoms with E-state index in [-0.39, 0.29) is 5.57 Å². The van der Waals surface area contributed by atoms with Gasteiger partial charge >= 0.3 is 0 Å². The monoisotopic (exact) mass is 278 g/mol. The van der Waals surface area contributed by atoms with Crippen LogP contribution < -0.4 is 5.32 Å². The molecule has 0 aliphatic carbocycles. The van der Waals surface area contributed by atoms with Crippen molar-refractivity contribution < 1.29 is 0 Å². The van der Waals surface area contributed by atoms with Gasteiger partial charge in [-0.25, -0.2) is 4.98 Å². The molecular weight excluding hydrogens is 268 g/mol. The van der Waals surface area contributed by atoms with Crippen LogP contribution in [0.1, 0.15) is 12.5 Å². The molecule has 0 bridgehead atoms. The summed E-state index contributed by atoms with van der Waals surface area (Å²) >= 11 is 7.12. The van der Waals surface area contributed by atoms with Crippen LogP contribution >= 0.6 is 23.4 Å². The van der Waals surface area contributed by atoms with E-state index in [1.54, 1.807) is 12.3 Å².